The molecule has 0 aliphatic heterocycles. The van der Waals surface area contributed by atoms with Crippen LogP contribution in [0.15, 0.2) is 22.8 Å². The van der Waals surface area contributed by atoms with Crippen LogP contribution >= 0.6 is 15.9 Å². The SMILES string of the molecule is CCc1cc(Br)cc2cnc(N[C@H]3CC[C@H](N(C)C)CC3)nc12. The molecule has 1 N–H and O–H groups in total. The summed E-state index contributed by atoms with van der Waals surface area (Å²) in [6, 6.07) is 5.45. The van der Waals surface area contributed by atoms with E-state index in [-0.39, 0.29) is 0 Å². The van der Waals surface area contributed by atoms with Gasteiger partial charge in [-0.1, -0.05) is 22.9 Å². The Labute approximate surface area is 146 Å². The lowest BCUT2D eigenvalue weighted by molar-refractivity contribution is 0.221. The van der Waals surface area contributed by atoms with Gasteiger partial charge in [-0.15, -0.1) is 0 Å². The maximum atomic E-state index is 4.78. The Kier molecular flexibility index (Phi) is 5.17. The maximum Gasteiger partial charge on any atom is 0.223 e. The lowest BCUT2D eigenvalue weighted by atomic mass is 9.90. The summed E-state index contributed by atoms with van der Waals surface area (Å²) >= 11 is 3.56. The van der Waals surface area contributed by atoms with Crippen molar-refractivity contribution in [3.05, 3.63) is 28.4 Å². The molecule has 1 fully saturated rings. The van der Waals surface area contributed by atoms with Crippen LogP contribution in [0.25, 0.3) is 10.9 Å². The zero-order valence-corrected chi connectivity index (χ0v) is 15.7. The van der Waals surface area contributed by atoms with E-state index in [4.69, 9.17) is 4.98 Å². The molecule has 1 aromatic heterocycles. The van der Waals surface area contributed by atoms with Crippen LogP contribution in [0.5, 0.6) is 0 Å². The van der Waals surface area contributed by atoms with Gasteiger partial charge in [-0.25, -0.2) is 9.97 Å². The molecule has 1 aliphatic rings. The van der Waals surface area contributed by atoms with E-state index in [9.17, 15) is 0 Å². The Morgan fingerprint density at radius 3 is 2.61 bits per heavy atom. The van der Waals surface area contributed by atoms with Crippen LogP contribution in [0.1, 0.15) is 38.2 Å². The lowest BCUT2D eigenvalue weighted by Gasteiger charge is -2.32. The molecule has 124 valence electrons. The molecule has 5 heteroatoms. The summed E-state index contributed by atoms with van der Waals surface area (Å²) in [7, 11) is 4.35. The Balaban J connectivity index is 1.75. The molecular formula is C18H25BrN4. The summed E-state index contributed by atoms with van der Waals surface area (Å²) in [6.07, 6.45) is 7.76. The van der Waals surface area contributed by atoms with Crippen molar-refractivity contribution in [3.8, 4) is 0 Å². The molecule has 4 nitrogen and oxygen atoms in total. The molecular weight excluding hydrogens is 352 g/mol. The number of rotatable bonds is 4. The van der Waals surface area contributed by atoms with Gasteiger partial charge in [0.25, 0.3) is 0 Å². The highest BCUT2D eigenvalue weighted by molar-refractivity contribution is 9.10. The van der Waals surface area contributed by atoms with Crippen LogP contribution < -0.4 is 5.32 Å². The molecule has 1 aromatic carbocycles. The smallest absolute Gasteiger partial charge is 0.223 e. The summed E-state index contributed by atoms with van der Waals surface area (Å²) in [5.41, 5.74) is 2.33. The fourth-order valence-electron chi connectivity index (χ4n) is 3.44. The number of benzene rings is 1. The highest BCUT2D eigenvalue weighted by atomic mass is 79.9. The van der Waals surface area contributed by atoms with Crippen molar-refractivity contribution >= 4 is 32.8 Å². The molecule has 0 unspecified atom stereocenters. The van der Waals surface area contributed by atoms with Crippen molar-refractivity contribution in [2.45, 2.75) is 51.1 Å². The van der Waals surface area contributed by atoms with E-state index in [0.717, 1.165) is 33.8 Å². The predicted molar refractivity (Wildman–Crippen MR) is 100.0 cm³/mol. The standard InChI is InChI=1S/C18H25BrN4/c1-4-12-9-14(19)10-13-11-20-18(22-17(12)13)21-15-5-7-16(8-6-15)23(2)3/h9-11,15-16H,4-8H2,1-3H3,(H,20,21,22)/t15-,16-. The Morgan fingerprint density at radius 2 is 1.96 bits per heavy atom. The van der Waals surface area contributed by atoms with E-state index in [1.165, 1.54) is 31.2 Å². The number of aromatic nitrogens is 2. The van der Waals surface area contributed by atoms with Gasteiger partial charge < -0.3 is 10.2 Å². The monoisotopic (exact) mass is 376 g/mol. The average molecular weight is 377 g/mol. The van der Waals surface area contributed by atoms with Crippen molar-refractivity contribution in [1.82, 2.24) is 14.9 Å². The molecule has 1 aliphatic carbocycles. The highest BCUT2D eigenvalue weighted by Crippen LogP contribution is 2.26. The van der Waals surface area contributed by atoms with Gasteiger partial charge in [-0.3, -0.25) is 0 Å². The number of nitrogens with one attached hydrogen (secondary N) is 1. The molecule has 0 amide bonds. The van der Waals surface area contributed by atoms with Gasteiger partial charge in [0.15, 0.2) is 0 Å². The van der Waals surface area contributed by atoms with E-state index < -0.39 is 0 Å². The van der Waals surface area contributed by atoms with Gasteiger partial charge in [-0.05, 0) is 63.9 Å². The maximum absolute atomic E-state index is 4.78. The summed E-state index contributed by atoms with van der Waals surface area (Å²) < 4.78 is 1.09. The van der Waals surface area contributed by atoms with Crippen molar-refractivity contribution < 1.29 is 0 Å². The number of hydrogen-bond donors (Lipinski definition) is 1. The topological polar surface area (TPSA) is 41.1 Å². The summed E-state index contributed by atoms with van der Waals surface area (Å²) in [5, 5.41) is 4.64. The first-order valence-corrected chi connectivity index (χ1v) is 9.24. The molecule has 0 spiro atoms. The molecule has 1 saturated carbocycles. The first-order chi connectivity index (χ1) is 11.1. The van der Waals surface area contributed by atoms with Crippen molar-refractivity contribution in [2.75, 3.05) is 19.4 Å². The fraction of sp³-hybridized carbons (Fsp3) is 0.556. The van der Waals surface area contributed by atoms with Gasteiger partial charge in [0.2, 0.25) is 5.95 Å². The number of fused-ring (bicyclic) bond motifs is 1. The third-order valence-corrected chi connectivity index (χ3v) is 5.33. The zero-order valence-electron chi connectivity index (χ0n) is 14.1. The van der Waals surface area contributed by atoms with Gasteiger partial charge in [-0.2, -0.15) is 0 Å². The Hall–Kier alpha value is -1.20. The number of hydrogen-bond acceptors (Lipinski definition) is 4. The van der Waals surface area contributed by atoms with E-state index in [0.29, 0.717) is 6.04 Å². The second-order valence-electron chi connectivity index (χ2n) is 6.66. The molecule has 1 heterocycles. The minimum absolute atomic E-state index is 0.490. The Morgan fingerprint density at radius 1 is 1.22 bits per heavy atom. The number of halogens is 1. The zero-order chi connectivity index (χ0) is 16.4. The van der Waals surface area contributed by atoms with Crippen LogP contribution in [-0.4, -0.2) is 41.0 Å². The van der Waals surface area contributed by atoms with Gasteiger partial charge >= 0.3 is 0 Å². The lowest BCUT2D eigenvalue weighted by Crippen LogP contribution is -2.36. The molecule has 2 aromatic rings. The highest BCUT2D eigenvalue weighted by Gasteiger charge is 2.22. The summed E-state index contributed by atoms with van der Waals surface area (Å²) in [5.74, 6) is 0.767. The van der Waals surface area contributed by atoms with Crippen molar-refractivity contribution in [1.29, 1.82) is 0 Å². The normalized spacial score (nSPS) is 21.8. The largest absolute Gasteiger partial charge is 0.351 e. The molecule has 0 bridgehead atoms. The predicted octanol–water partition coefficient (Wildman–Crippen LogP) is 4.24. The molecule has 0 saturated heterocycles. The van der Waals surface area contributed by atoms with E-state index >= 15 is 0 Å². The first-order valence-electron chi connectivity index (χ1n) is 8.45. The molecule has 0 atom stereocenters. The molecule has 23 heavy (non-hydrogen) atoms. The van der Waals surface area contributed by atoms with Crippen LogP contribution in [0.2, 0.25) is 0 Å². The molecule has 3 rings (SSSR count). The van der Waals surface area contributed by atoms with Gasteiger partial charge in [0.05, 0.1) is 5.52 Å². The third kappa shape index (κ3) is 3.83. The van der Waals surface area contributed by atoms with Crippen LogP contribution in [-0.2, 0) is 6.42 Å². The van der Waals surface area contributed by atoms with E-state index in [1.54, 1.807) is 0 Å². The van der Waals surface area contributed by atoms with E-state index in [2.05, 4.69) is 64.3 Å². The first kappa shape index (κ1) is 16.7. The number of anilines is 1. The Bertz CT molecular complexity index is 678. The number of nitrogens with zero attached hydrogens (tertiary/aromatic N) is 3. The minimum atomic E-state index is 0.490. The summed E-state index contributed by atoms with van der Waals surface area (Å²) in [4.78, 5) is 11.6. The van der Waals surface area contributed by atoms with E-state index in [1.807, 2.05) is 6.20 Å². The number of aryl methyl sites for hydroxylation is 1. The van der Waals surface area contributed by atoms with Crippen LogP contribution in [0.3, 0.4) is 0 Å². The quantitative estimate of drug-likeness (QED) is 0.866. The van der Waals surface area contributed by atoms with Gasteiger partial charge in [0, 0.05) is 28.1 Å². The van der Waals surface area contributed by atoms with Crippen molar-refractivity contribution in [3.63, 3.8) is 0 Å². The van der Waals surface area contributed by atoms with Crippen LogP contribution in [0.4, 0.5) is 5.95 Å². The molecule has 0 radical (unpaired) electrons. The second-order valence-corrected chi connectivity index (χ2v) is 7.58. The van der Waals surface area contributed by atoms with Crippen LogP contribution in [0, 0.1) is 0 Å². The average Bonchev–Trinajstić information content (AvgIpc) is 2.55. The summed E-state index contributed by atoms with van der Waals surface area (Å²) in [6.45, 7) is 2.17. The minimum Gasteiger partial charge on any atom is -0.351 e. The fourth-order valence-corrected chi connectivity index (χ4v) is 3.96. The van der Waals surface area contributed by atoms with Gasteiger partial charge in [0.1, 0.15) is 0 Å². The second kappa shape index (κ2) is 7.14. The van der Waals surface area contributed by atoms with Crippen molar-refractivity contribution in [2.24, 2.45) is 0 Å². The third-order valence-electron chi connectivity index (χ3n) is 4.87.